The number of hydrogen-bond donors (Lipinski definition) is 1. The molecule has 2 heteroatoms. The van der Waals surface area contributed by atoms with Gasteiger partial charge in [-0.2, -0.15) is 0 Å². The average molecular weight is 250 g/mol. The highest BCUT2D eigenvalue weighted by Crippen LogP contribution is 2.21. The Kier molecular flexibility index (Phi) is 5.25. The molecule has 1 heterocycles. The van der Waals surface area contributed by atoms with Gasteiger partial charge in [-0.25, -0.2) is 0 Å². The largest absolute Gasteiger partial charge is 0.310 e. The molecule has 0 aromatic rings. The molecule has 104 valence electrons. The molecule has 0 radical (unpaired) electrons. The lowest BCUT2D eigenvalue weighted by Crippen LogP contribution is -2.48. The Morgan fingerprint density at radius 1 is 1.33 bits per heavy atom. The van der Waals surface area contributed by atoms with Crippen molar-refractivity contribution in [3.63, 3.8) is 0 Å². The van der Waals surface area contributed by atoms with Gasteiger partial charge < -0.3 is 10.2 Å². The third-order valence-corrected chi connectivity index (χ3v) is 4.69. The molecule has 2 aliphatic rings. The zero-order valence-electron chi connectivity index (χ0n) is 12.3. The molecule has 2 nitrogen and oxygen atoms in total. The van der Waals surface area contributed by atoms with E-state index in [0.29, 0.717) is 5.54 Å². The lowest BCUT2D eigenvalue weighted by Gasteiger charge is -2.33. The molecule has 2 rings (SSSR count). The van der Waals surface area contributed by atoms with E-state index in [-0.39, 0.29) is 0 Å². The van der Waals surface area contributed by atoms with Gasteiger partial charge in [-0.1, -0.05) is 18.6 Å². The molecule has 1 aliphatic carbocycles. The van der Waals surface area contributed by atoms with Crippen molar-refractivity contribution in [1.82, 2.24) is 10.2 Å². The van der Waals surface area contributed by atoms with E-state index in [0.717, 1.165) is 0 Å². The van der Waals surface area contributed by atoms with Crippen molar-refractivity contribution in [1.29, 1.82) is 0 Å². The summed E-state index contributed by atoms with van der Waals surface area (Å²) in [6, 6.07) is 0. The summed E-state index contributed by atoms with van der Waals surface area (Å²) in [7, 11) is 0. The van der Waals surface area contributed by atoms with Crippen LogP contribution >= 0.6 is 0 Å². The van der Waals surface area contributed by atoms with Crippen LogP contribution in [-0.4, -0.2) is 36.6 Å². The van der Waals surface area contributed by atoms with Crippen LogP contribution in [0.2, 0.25) is 0 Å². The number of nitrogens with one attached hydrogen (secondary N) is 1. The van der Waals surface area contributed by atoms with Crippen LogP contribution in [0.5, 0.6) is 0 Å². The molecular weight excluding hydrogens is 220 g/mol. The highest BCUT2D eigenvalue weighted by Gasteiger charge is 2.26. The second kappa shape index (κ2) is 6.72. The summed E-state index contributed by atoms with van der Waals surface area (Å²) in [6.07, 6.45) is 11.8. The smallest absolute Gasteiger partial charge is 0.0277 e. The van der Waals surface area contributed by atoms with E-state index in [1.165, 1.54) is 71.1 Å². The van der Waals surface area contributed by atoms with Crippen LogP contribution in [0.3, 0.4) is 0 Å². The summed E-state index contributed by atoms with van der Waals surface area (Å²) in [5, 5.41) is 3.72. The zero-order valence-corrected chi connectivity index (χ0v) is 12.3. The molecule has 1 atom stereocenters. The van der Waals surface area contributed by atoms with E-state index in [9.17, 15) is 0 Å². The van der Waals surface area contributed by atoms with Gasteiger partial charge in [0.15, 0.2) is 0 Å². The minimum Gasteiger partial charge on any atom is -0.310 e. The van der Waals surface area contributed by atoms with Crippen LogP contribution in [0.25, 0.3) is 0 Å². The maximum absolute atomic E-state index is 3.72. The Labute approximate surface area is 113 Å². The SMILES string of the molecule is CCC1(C)CN(CCC2=CCCCC2)CCCN1. The summed E-state index contributed by atoms with van der Waals surface area (Å²) < 4.78 is 0. The molecule has 1 fully saturated rings. The predicted octanol–water partition coefficient (Wildman–Crippen LogP) is 3.34. The van der Waals surface area contributed by atoms with E-state index >= 15 is 0 Å². The van der Waals surface area contributed by atoms with Crippen molar-refractivity contribution in [3.8, 4) is 0 Å². The minimum atomic E-state index is 0.331. The van der Waals surface area contributed by atoms with Gasteiger partial charge >= 0.3 is 0 Å². The molecular formula is C16H30N2. The fourth-order valence-corrected chi connectivity index (χ4v) is 3.18. The normalized spacial score (nSPS) is 30.9. The number of allylic oxidation sites excluding steroid dienone is 1. The molecule has 1 aliphatic heterocycles. The monoisotopic (exact) mass is 250 g/mol. The summed E-state index contributed by atoms with van der Waals surface area (Å²) in [5.41, 5.74) is 2.05. The van der Waals surface area contributed by atoms with Crippen molar-refractivity contribution in [2.45, 2.75) is 64.3 Å². The minimum absolute atomic E-state index is 0.331. The Balaban J connectivity index is 1.82. The second-order valence-corrected chi connectivity index (χ2v) is 6.33. The molecule has 0 saturated carbocycles. The zero-order chi connectivity index (χ0) is 12.8. The Bertz CT molecular complexity index is 285. The van der Waals surface area contributed by atoms with Gasteiger partial charge in [0, 0.05) is 18.6 Å². The highest BCUT2D eigenvalue weighted by molar-refractivity contribution is 5.05. The molecule has 18 heavy (non-hydrogen) atoms. The van der Waals surface area contributed by atoms with Gasteiger partial charge in [0.1, 0.15) is 0 Å². The standard InChI is InChI=1S/C16H30N2/c1-3-16(2)14-18(12-7-11-17-16)13-10-15-8-5-4-6-9-15/h8,17H,3-7,9-14H2,1-2H3. The fourth-order valence-electron chi connectivity index (χ4n) is 3.18. The van der Waals surface area contributed by atoms with Crippen molar-refractivity contribution in [2.75, 3.05) is 26.2 Å². The molecule has 0 spiro atoms. The Morgan fingerprint density at radius 3 is 2.94 bits per heavy atom. The van der Waals surface area contributed by atoms with Crippen LogP contribution in [-0.2, 0) is 0 Å². The van der Waals surface area contributed by atoms with Gasteiger partial charge in [-0.05, 0) is 65.0 Å². The lowest BCUT2D eigenvalue weighted by atomic mass is 9.96. The molecule has 1 unspecified atom stereocenters. The first-order chi connectivity index (χ1) is 8.72. The van der Waals surface area contributed by atoms with Crippen LogP contribution in [0, 0.1) is 0 Å². The molecule has 1 saturated heterocycles. The van der Waals surface area contributed by atoms with Crippen LogP contribution in [0.15, 0.2) is 11.6 Å². The van der Waals surface area contributed by atoms with Crippen molar-refractivity contribution in [3.05, 3.63) is 11.6 Å². The maximum atomic E-state index is 3.72. The van der Waals surface area contributed by atoms with E-state index in [4.69, 9.17) is 0 Å². The lowest BCUT2D eigenvalue weighted by molar-refractivity contribution is 0.216. The van der Waals surface area contributed by atoms with Crippen molar-refractivity contribution >= 4 is 0 Å². The first kappa shape index (κ1) is 14.1. The van der Waals surface area contributed by atoms with Crippen molar-refractivity contribution in [2.24, 2.45) is 0 Å². The molecule has 0 amide bonds. The van der Waals surface area contributed by atoms with Crippen molar-refractivity contribution < 1.29 is 0 Å². The van der Waals surface area contributed by atoms with E-state index < -0.39 is 0 Å². The Hall–Kier alpha value is -0.340. The van der Waals surface area contributed by atoms with Crippen LogP contribution in [0.4, 0.5) is 0 Å². The van der Waals surface area contributed by atoms with Crippen LogP contribution < -0.4 is 5.32 Å². The second-order valence-electron chi connectivity index (χ2n) is 6.33. The third-order valence-electron chi connectivity index (χ3n) is 4.69. The third kappa shape index (κ3) is 4.10. The maximum Gasteiger partial charge on any atom is 0.0277 e. The average Bonchev–Trinajstić information content (AvgIpc) is 2.60. The summed E-state index contributed by atoms with van der Waals surface area (Å²) >= 11 is 0. The Morgan fingerprint density at radius 2 is 2.22 bits per heavy atom. The summed E-state index contributed by atoms with van der Waals surface area (Å²) in [5.74, 6) is 0. The van der Waals surface area contributed by atoms with Gasteiger partial charge in [-0.3, -0.25) is 0 Å². The number of nitrogens with zero attached hydrogens (tertiary/aromatic N) is 1. The predicted molar refractivity (Wildman–Crippen MR) is 78.9 cm³/mol. The summed E-state index contributed by atoms with van der Waals surface area (Å²) in [6.45, 7) is 9.63. The highest BCUT2D eigenvalue weighted by atomic mass is 15.2. The van der Waals surface area contributed by atoms with Gasteiger partial charge in [0.25, 0.3) is 0 Å². The first-order valence-corrected chi connectivity index (χ1v) is 7.87. The molecule has 0 aromatic carbocycles. The number of hydrogen-bond acceptors (Lipinski definition) is 2. The molecule has 0 bridgehead atoms. The quantitative estimate of drug-likeness (QED) is 0.770. The topological polar surface area (TPSA) is 15.3 Å². The van der Waals surface area contributed by atoms with E-state index in [1.807, 2.05) is 0 Å². The van der Waals surface area contributed by atoms with E-state index in [1.54, 1.807) is 5.57 Å². The van der Waals surface area contributed by atoms with Crippen LogP contribution in [0.1, 0.15) is 58.8 Å². The first-order valence-electron chi connectivity index (χ1n) is 7.87. The van der Waals surface area contributed by atoms with Gasteiger partial charge in [-0.15, -0.1) is 0 Å². The molecule has 1 N–H and O–H groups in total. The van der Waals surface area contributed by atoms with E-state index in [2.05, 4.69) is 30.1 Å². The summed E-state index contributed by atoms with van der Waals surface area (Å²) in [4.78, 5) is 2.68. The van der Waals surface area contributed by atoms with Gasteiger partial charge in [0.2, 0.25) is 0 Å². The van der Waals surface area contributed by atoms with Gasteiger partial charge in [0.05, 0.1) is 0 Å². The fraction of sp³-hybridized carbons (Fsp3) is 0.875. The molecule has 0 aromatic heterocycles. The number of rotatable bonds is 4.